The molecule has 9 heteroatoms. The second kappa shape index (κ2) is 6.50. The molecule has 2 aliphatic rings. The highest BCUT2D eigenvalue weighted by Crippen LogP contribution is 2.23. The van der Waals surface area contributed by atoms with E-state index in [0.29, 0.717) is 26.2 Å². The molecule has 1 amide bonds. The van der Waals surface area contributed by atoms with Crippen molar-refractivity contribution in [2.45, 2.75) is 24.5 Å². The van der Waals surface area contributed by atoms with Gasteiger partial charge in [-0.15, -0.1) is 0 Å². The molecule has 1 atom stereocenters. The second-order valence-corrected chi connectivity index (χ2v) is 7.68. The fourth-order valence-corrected chi connectivity index (χ4v) is 3.88. The number of fused-ring (bicyclic) bond motifs is 1. The molecule has 0 saturated carbocycles. The monoisotopic (exact) mass is 354 g/mol. The van der Waals surface area contributed by atoms with Crippen LogP contribution in [0.3, 0.4) is 0 Å². The van der Waals surface area contributed by atoms with Crippen LogP contribution < -0.4 is 4.72 Å². The van der Waals surface area contributed by atoms with Crippen LogP contribution >= 0.6 is 0 Å². The standard InChI is InChI=1S/C15H18N2O6S/c18-14(17-4-3-10(7-17)15(19)20)6-16-24(21,22)13-2-1-11-8-23-9-12(11)5-13/h1-2,5,10,16H,3-4,6-9H2,(H,19,20). The highest BCUT2D eigenvalue weighted by Gasteiger charge is 2.31. The van der Waals surface area contributed by atoms with E-state index in [-0.39, 0.29) is 18.0 Å². The molecule has 2 aliphatic heterocycles. The van der Waals surface area contributed by atoms with E-state index in [1.165, 1.54) is 11.0 Å². The lowest BCUT2D eigenvalue weighted by molar-refractivity contribution is -0.141. The first-order chi connectivity index (χ1) is 11.4. The largest absolute Gasteiger partial charge is 0.481 e. The Morgan fingerprint density at radius 1 is 1.29 bits per heavy atom. The zero-order chi connectivity index (χ0) is 17.3. The van der Waals surface area contributed by atoms with Crippen molar-refractivity contribution >= 4 is 21.9 Å². The maximum atomic E-state index is 12.3. The Balaban J connectivity index is 1.61. The number of likely N-dealkylation sites (tertiary alicyclic amines) is 1. The summed E-state index contributed by atoms with van der Waals surface area (Å²) in [5.41, 5.74) is 1.79. The van der Waals surface area contributed by atoms with Crippen LogP contribution in [0.15, 0.2) is 23.1 Å². The second-order valence-electron chi connectivity index (χ2n) is 5.91. The van der Waals surface area contributed by atoms with Gasteiger partial charge < -0.3 is 14.7 Å². The Hall–Kier alpha value is -1.97. The summed E-state index contributed by atoms with van der Waals surface area (Å²) < 4.78 is 32.1. The Morgan fingerprint density at radius 3 is 2.75 bits per heavy atom. The van der Waals surface area contributed by atoms with E-state index >= 15 is 0 Å². The van der Waals surface area contributed by atoms with Crippen molar-refractivity contribution in [1.29, 1.82) is 0 Å². The first-order valence-electron chi connectivity index (χ1n) is 7.56. The van der Waals surface area contributed by atoms with Gasteiger partial charge in [0, 0.05) is 13.1 Å². The molecule has 8 nitrogen and oxygen atoms in total. The Labute approximate surface area is 139 Å². The molecule has 0 spiro atoms. The van der Waals surface area contributed by atoms with Crippen LogP contribution in [0.5, 0.6) is 0 Å². The van der Waals surface area contributed by atoms with E-state index in [4.69, 9.17) is 9.84 Å². The SMILES string of the molecule is O=C(O)C1CCN(C(=O)CNS(=O)(=O)c2ccc3c(c2)COC3)C1. The van der Waals surface area contributed by atoms with E-state index in [0.717, 1.165) is 11.1 Å². The van der Waals surface area contributed by atoms with Crippen LogP contribution in [0.1, 0.15) is 17.5 Å². The number of hydrogen-bond acceptors (Lipinski definition) is 5. The van der Waals surface area contributed by atoms with Gasteiger partial charge in [-0.05, 0) is 29.7 Å². The third-order valence-corrected chi connectivity index (χ3v) is 5.71. The zero-order valence-corrected chi connectivity index (χ0v) is 13.7. The van der Waals surface area contributed by atoms with Crippen molar-refractivity contribution in [2.75, 3.05) is 19.6 Å². The predicted molar refractivity (Wildman–Crippen MR) is 82.4 cm³/mol. The number of hydrogen-bond donors (Lipinski definition) is 2. The number of benzene rings is 1. The lowest BCUT2D eigenvalue weighted by Crippen LogP contribution is -2.39. The van der Waals surface area contributed by atoms with E-state index in [1.807, 2.05) is 0 Å². The topological polar surface area (TPSA) is 113 Å². The average Bonchev–Trinajstić information content (AvgIpc) is 3.20. The summed E-state index contributed by atoms with van der Waals surface area (Å²) in [5.74, 6) is -1.94. The summed E-state index contributed by atoms with van der Waals surface area (Å²) in [6.45, 7) is 0.908. The molecule has 1 unspecified atom stereocenters. The Morgan fingerprint density at radius 2 is 2.04 bits per heavy atom. The highest BCUT2D eigenvalue weighted by atomic mass is 32.2. The number of rotatable bonds is 5. The van der Waals surface area contributed by atoms with Crippen molar-refractivity contribution in [3.05, 3.63) is 29.3 Å². The van der Waals surface area contributed by atoms with Crippen molar-refractivity contribution in [2.24, 2.45) is 5.92 Å². The van der Waals surface area contributed by atoms with Gasteiger partial charge in [0.25, 0.3) is 0 Å². The van der Waals surface area contributed by atoms with Gasteiger partial charge in [-0.2, -0.15) is 0 Å². The summed E-state index contributed by atoms with van der Waals surface area (Å²) in [5, 5.41) is 8.94. The van der Waals surface area contributed by atoms with Crippen molar-refractivity contribution in [3.63, 3.8) is 0 Å². The van der Waals surface area contributed by atoms with Crippen LogP contribution in [0.25, 0.3) is 0 Å². The molecule has 24 heavy (non-hydrogen) atoms. The van der Waals surface area contributed by atoms with Crippen LogP contribution in [0, 0.1) is 5.92 Å². The quantitative estimate of drug-likeness (QED) is 0.765. The van der Waals surface area contributed by atoms with Crippen LogP contribution in [-0.4, -0.2) is 49.9 Å². The van der Waals surface area contributed by atoms with Crippen molar-refractivity contribution in [3.8, 4) is 0 Å². The third kappa shape index (κ3) is 3.42. The minimum atomic E-state index is -3.81. The van der Waals surface area contributed by atoms with Gasteiger partial charge in [-0.25, -0.2) is 13.1 Å². The fourth-order valence-electron chi connectivity index (χ4n) is 2.86. The number of ether oxygens (including phenoxy) is 1. The molecular formula is C15H18N2O6S. The molecule has 1 fully saturated rings. The molecule has 0 radical (unpaired) electrons. The minimum Gasteiger partial charge on any atom is -0.481 e. The fraction of sp³-hybridized carbons (Fsp3) is 0.467. The first kappa shape index (κ1) is 16.9. The molecule has 1 saturated heterocycles. The van der Waals surface area contributed by atoms with E-state index in [1.54, 1.807) is 12.1 Å². The van der Waals surface area contributed by atoms with Crippen LogP contribution in [-0.2, 0) is 37.6 Å². The molecule has 0 aromatic heterocycles. The number of carbonyl (C=O) groups is 2. The number of carbonyl (C=O) groups excluding carboxylic acids is 1. The molecule has 0 aliphatic carbocycles. The highest BCUT2D eigenvalue weighted by molar-refractivity contribution is 7.89. The molecule has 0 bridgehead atoms. The predicted octanol–water partition coefficient (Wildman–Crippen LogP) is -0.0718. The average molecular weight is 354 g/mol. The number of nitrogens with zero attached hydrogens (tertiary/aromatic N) is 1. The maximum Gasteiger partial charge on any atom is 0.308 e. The summed E-state index contributed by atoms with van der Waals surface area (Å²) in [7, 11) is -3.81. The number of amides is 1. The van der Waals surface area contributed by atoms with Gasteiger partial charge in [0.05, 0.1) is 30.6 Å². The molecule has 3 rings (SSSR count). The molecular weight excluding hydrogens is 336 g/mol. The van der Waals surface area contributed by atoms with Gasteiger partial charge >= 0.3 is 5.97 Å². The molecule has 2 heterocycles. The Kier molecular flexibility index (Phi) is 4.57. The zero-order valence-electron chi connectivity index (χ0n) is 12.9. The van der Waals surface area contributed by atoms with Crippen LogP contribution in [0.2, 0.25) is 0 Å². The Bertz CT molecular complexity index is 776. The van der Waals surface area contributed by atoms with E-state index in [9.17, 15) is 18.0 Å². The number of nitrogens with one attached hydrogen (secondary N) is 1. The van der Waals surface area contributed by atoms with E-state index < -0.39 is 27.8 Å². The normalized spacial score (nSPS) is 20.2. The van der Waals surface area contributed by atoms with Gasteiger partial charge in [0.15, 0.2) is 0 Å². The molecule has 130 valence electrons. The van der Waals surface area contributed by atoms with Crippen LogP contribution in [0.4, 0.5) is 0 Å². The number of sulfonamides is 1. The summed E-state index contributed by atoms with van der Waals surface area (Å²) in [4.78, 5) is 24.4. The van der Waals surface area contributed by atoms with Gasteiger partial charge in [0.2, 0.25) is 15.9 Å². The number of aliphatic carboxylic acids is 1. The maximum absolute atomic E-state index is 12.3. The number of carboxylic acid groups (broad SMARTS) is 1. The molecule has 1 aromatic carbocycles. The van der Waals surface area contributed by atoms with Gasteiger partial charge in [-0.3, -0.25) is 9.59 Å². The summed E-state index contributed by atoms with van der Waals surface area (Å²) >= 11 is 0. The minimum absolute atomic E-state index is 0.0874. The molecule has 1 aromatic rings. The lowest BCUT2D eigenvalue weighted by atomic mass is 10.1. The number of carboxylic acids is 1. The van der Waals surface area contributed by atoms with Crippen molar-refractivity contribution in [1.82, 2.24) is 9.62 Å². The summed E-state index contributed by atoms with van der Waals surface area (Å²) in [6.07, 6.45) is 0.388. The smallest absolute Gasteiger partial charge is 0.308 e. The summed E-state index contributed by atoms with van der Waals surface area (Å²) in [6, 6.07) is 4.73. The lowest BCUT2D eigenvalue weighted by Gasteiger charge is -2.16. The van der Waals surface area contributed by atoms with Gasteiger partial charge in [0.1, 0.15) is 0 Å². The third-order valence-electron chi connectivity index (χ3n) is 4.31. The molecule has 2 N–H and O–H groups in total. The van der Waals surface area contributed by atoms with E-state index in [2.05, 4.69) is 4.72 Å². The first-order valence-corrected chi connectivity index (χ1v) is 9.05. The van der Waals surface area contributed by atoms with Crippen molar-refractivity contribution < 1.29 is 27.9 Å². The van der Waals surface area contributed by atoms with Gasteiger partial charge in [-0.1, -0.05) is 6.07 Å².